The molecule has 0 saturated carbocycles. The first-order chi connectivity index (χ1) is 8.61. The number of hydrogen-bond acceptors (Lipinski definition) is 5. The van der Waals surface area contributed by atoms with E-state index in [0.29, 0.717) is 25.0 Å². The van der Waals surface area contributed by atoms with Gasteiger partial charge in [-0.2, -0.15) is 0 Å². The molecule has 2 amide bonds. The summed E-state index contributed by atoms with van der Waals surface area (Å²) in [6.07, 6.45) is 0.742. The Balaban J connectivity index is 1.92. The Morgan fingerprint density at radius 1 is 1.28 bits per heavy atom. The van der Waals surface area contributed by atoms with E-state index in [9.17, 15) is 4.79 Å². The maximum Gasteiger partial charge on any atom is 0.319 e. The predicted octanol–water partition coefficient (Wildman–Crippen LogP) is 0.436. The minimum atomic E-state index is 0.0504. The molecule has 1 aliphatic heterocycles. The number of amides is 2. The van der Waals surface area contributed by atoms with Gasteiger partial charge in [-0.05, 0) is 0 Å². The number of rotatable bonds is 2. The van der Waals surface area contributed by atoms with Gasteiger partial charge in [0.1, 0.15) is 0 Å². The summed E-state index contributed by atoms with van der Waals surface area (Å²) in [7, 11) is 3.53. The Morgan fingerprint density at radius 2 is 1.94 bits per heavy atom. The van der Waals surface area contributed by atoms with Crippen molar-refractivity contribution < 1.29 is 9.21 Å². The SMILES string of the molecule is CCc1nnc(N2CCN(C(=O)N(C)C)CC2)o1. The number of nitrogens with zero attached hydrogens (tertiary/aromatic N) is 5. The Morgan fingerprint density at radius 3 is 2.44 bits per heavy atom. The van der Waals surface area contributed by atoms with Crippen LogP contribution in [0.3, 0.4) is 0 Å². The van der Waals surface area contributed by atoms with Crippen molar-refractivity contribution >= 4 is 12.0 Å². The van der Waals surface area contributed by atoms with Crippen LogP contribution in [0.1, 0.15) is 12.8 Å². The van der Waals surface area contributed by atoms with E-state index in [1.807, 2.05) is 16.7 Å². The summed E-state index contributed by atoms with van der Waals surface area (Å²) in [5.41, 5.74) is 0. The van der Waals surface area contributed by atoms with Crippen LogP contribution in [-0.4, -0.2) is 66.3 Å². The first kappa shape index (κ1) is 12.7. The first-order valence-electron chi connectivity index (χ1n) is 6.15. The van der Waals surface area contributed by atoms with Gasteiger partial charge in [-0.3, -0.25) is 0 Å². The summed E-state index contributed by atoms with van der Waals surface area (Å²) in [6, 6.07) is 0.609. The van der Waals surface area contributed by atoms with Gasteiger partial charge in [-0.25, -0.2) is 4.79 Å². The standard InChI is InChI=1S/C11H19N5O2/c1-4-9-12-13-10(18-9)15-5-7-16(8-6-15)11(17)14(2)3/h4-8H2,1-3H3. The van der Waals surface area contributed by atoms with Crippen LogP contribution >= 0.6 is 0 Å². The van der Waals surface area contributed by atoms with Crippen LogP contribution in [0.4, 0.5) is 10.8 Å². The van der Waals surface area contributed by atoms with Gasteiger partial charge in [0.25, 0.3) is 0 Å². The van der Waals surface area contributed by atoms with Crippen LogP contribution in [0.25, 0.3) is 0 Å². The van der Waals surface area contributed by atoms with Gasteiger partial charge < -0.3 is 19.1 Å². The van der Waals surface area contributed by atoms with E-state index in [-0.39, 0.29) is 6.03 Å². The topological polar surface area (TPSA) is 65.7 Å². The molecule has 1 fully saturated rings. The van der Waals surface area contributed by atoms with E-state index in [1.165, 1.54) is 0 Å². The molecule has 0 radical (unpaired) electrons. The second-order valence-corrected chi connectivity index (χ2v) is 4.48. The molecule has 18 heavy (non-hydrogen) atoms. The van der Waals surface area contributed by atoms with Crippen LogP contribution in [0.15, 0.2) is 4.42 Å². The summed E-state index contributed by atoms with van der Waals surface area (Å²) in [5.74, 6) is 0.650. The lowest BCUT2D eigenvalue weighted by atomic mass is 10.3. The summed E-state index contributed by atoms with van der Waals surface area (Å²) in [6.45, 7) is 4.79. The fraction of sp³-hybridized carbons (Fsp3) is 0.727. The van der Waals surface area contributed by atoms with Crippen molar-refractivity contribution in [3.8, 4) is 0 Å². The Labute approximate surface area is 106 Å². The highest BCUT2D eigenvalue weighted by atomic mass is 16.4. The maximum absolute atomic E-state index is 11.8. The van der Waals surface area contributed by atoms with Crippen LogP contribution < -0.4 is 4.90 Å². The lowest BCUT2D eigenvalue weighted by Crippen LogP contribution is -2.51. The van der Waals surface area contributed by atoms with E-state index < -0.39 is 0 Å². The van der Waals surface area contributed by atoms with Crippen molar-refractivity contribution in [1.82, 2.24) is 20.0 Å². The van der Waals surface area contributed by atoms with Gasteiger partial charge >= 0.3 is 12.0 Å². The van der Waals surface area contributed by atoms with E-state index in [4.69, 9.17) is 4.42 Å². The summed E-state index contributed by atoms with van der Waals surface area (Å²) >= 11 is 0. The molecular formula is C11H19N5O2. The highest BCUT2D eigenvalue weighted by Crippen LogP contribution is 2.15. The van der Waals surface area contributed by atoms with Crippen molar-refractivity contribution in [3.63, 3.8) is 0 Å². The van der Waals surface area contributed by atoms with E-state index in [2.05, 4.69) is 10.2 Å². The number of carbonyl (C=O) groups is 1. The van der Waals surface area contributed by atoms with Gasteiger partial charge in [0.2, 0.25) is 5.89 Å². The van der Waals surface area contributed by atoms with Crippen LogP contribution in [0.2, 0.25) is 0 Å². The first-order valence-corrected chi connectivity index (χ1v) is 6.15. The maximum atomic E-state index is 11.8. The summed E-state index contributed by atoms with van der Waals surface area (Å²) < 4.78 is 5.51. The van der Waals surface area contributed by atoms with E-state index in [0.717, 1.165) is 19.5 Å². The van der Waals surface area contributed by atoms with Crippen molar-refractivity contribution in [2.45, 2.75) is 13.3 Å². The average Bonchev–Trinajstić information content (AvgIpc) is 2.86. The summed E-state index contributed by atoms with van der Waals surface area (Å²) in [5, 5.41) is 7.96. The Bertz CT molecular complexity index is 409. The minimum Gasteiger partial charge on any atom is -0.408 e. The fourth-order valence-corrected chi connectivity index (χ4v) is 1.89. The molecule has 7 nitrogen and oxygen atoms in total. The molecular weight excluding hydrogens is 234 g/mol. The smallest absolute Gasteiger partial charge is 0.319 e. The quantitative estimate of drug-likeness (QED) is 0.765. The number of carbonyl (C=O) groups excluding carboxylic acids is 1. The zero-order valence-corrected chi connectivity index (χ0v) is 11.1. The molecule has 0 bridgehead atoms. The lowest BCUT2D eigenvalue weighted by Gasteiger charge is -2.34. The molecule has 2 rings (SSSR count). The molecule has 0 aromatic carbocycles. The molecule has 1 aliphatic rings. The number of aryl methyl sites for hydroxylation is 1. The van der Waals surface area contributed by atoms with Crippen LogP contribution in [0.5, 0.6) is 0 Å². The van der Waals surface area contributed by atoms with Crippen molar-refractivity contribution in [2.24, 2.45) is 0 Å². The predicted molar refractivity (Wildman–Crippen MR) is 66.5 cm³/mol. The monoisotopic (exact) mass is 253 g/mol. The third kappa shape index (κ3) is 2.55. The third-order valence-electron chi connectivity index (χ3n) is 2.96. The number of aromatic nitrogens is 2. The number of anilines is 1. The molecule has 0 unspecified atom stereocenters. The average molecular weight is 253 g/mol. The van der Waals surface area contributed by atoms with Gasteiger partial charge in [0.05, 0.1) is 0 Å². The van der Waals surface area contributed by atoms with Crippen molar-refractivity contribution in [3.05, 3.63) is 5.89 Å². The van der Waals surface area contributed by atoms with E-state index in [1.54, 1.807) is 19.0 Å². The van der Waals surface area contributed by atoms with Crippen LogP contribution in [-0.2, 0) is 6.42 Å². The van der Waals surface area contributed by atoms with Gasteiger partial charge in [0, 0.05) is 46.7 Å². The molecule has 0 aliphatic carbocycles. The molecule has 1 saturated heterocycles. The van der Waals surface area contributed by atoms with Gasteiger partial charge in [0.15, 0.2) is 0 Å². The molecule has 2 heterocycles. The number of piperazine rings is 1. The molecule has 0 N–H and O–H groups in total. The summed E-state index contributed by atoms with van der Waals surface area (Å²) in [4.78, 5) is 17.2. The normalized spacial score (nSPS) is 15.9. The largest absolute Gasteiger partial charge is 0.408 e. The molecule has 1 aromatic rings. The van der Waals surface area contributed by atoms with Crippen molar-refractivity contribution in [2.75, 3.05) is 45.2 Å². The Kier molecular flexibility index (Phi) is 3.69. The second-order valence-electron chi connectivity index (χ2n) is 4.48. The molecule has 7 heteroatoms. The zero-order valence-electron chi connectivity index (χ0n) is 11.1. The highest BCUT2D eigenvalue weighted by molar-refractivity contribution is 5.74. The molecule has 0 spiro atoms. The van der Waals surface area contributed by atoms with E-state index >= 15 is 0 Å². The fourth-order valence-electron chi connectivity index (χ4n) is 1.89. The Hall–Kier alpha value is -1.79. The second kappa shape index (κ2) is 5.24. The molecule has 100 valence electrons. The van der Waals surface area contributed by atoms with Gasteiger partial charge in [-0.1, -0.05) is 12.0 Å². The minimum absolute atomic E-state index is 0.0504. The molecule has 0 atom stereocenters. The number of hydrogen-bond donors (Lipinski definition) is 0. The van der Waals surface area contributed by atoms with Crippen LogP contribution in [0, 0.1) is 0 Å². The number of urea groups is 1. The third-order valence-corrected chi connectivity index (χ3v) is 2.96. The van der Waals surface area contributed by atoms with Gasteiger partial charge in [-0.15, -0.1) is 5.10 Å². The van der Waals surface area contributed by atoms with Crippen molar-refractivity contribution in [1.29, 1.82) is 0 Å². The lowest BCUT2D eigenvalue weighted by molar-refractivity contribution is 0.167. The highest BCUT2D eigenvalue weighted by Gasteiger charge is 2.24. The zero-order chi connectivity index (χ0) is 13.1. The molecule has 1 aromatic heterocycles.